The first-order valence-electron chi connectivity index (χ1n) is 5.16. The van der Waals surface area contributed by atoms with Crippen LogP contribution in [-0.4, -0.2) is 30.5 Å². The molecule has 0 saturated carbocycles. The zero-order valence-corrected chi connectivity index (χ0v) is 10.5. The second kappa shape index (κ2) is 6.20. The maximum Gasteiger partial charge on any atom is 0.151 e. The Kier molecular flexibility index (Phi) is 4.59. The van der Waals surface area contributed by atoms with Gasteiger partial charge in [0.25, 0.3) is 0 Å². The topological polar surface area (TPSA) is 48.1 Å². The van der Waals surface area contributed by atoms with E-state index in [1.54, 1.807) is 23.1 Å². The van der Waals surface area contributed by atoms with Gasteiger partial charge < -0.3 is 10.5 Å². The minimum atomic E-state index is 0.589. The van der Waals surface area contributed by atoms with E-state index >= 15 is 0 Å². The first kappa shape index (κ1) is 11.9. The van der Waals surface area contributed by atoms with Gasteiger partial charge in [-0.05, 0) is 12.1 Å². The third-order valence-corrected chi connectivity index (χ3v) is 4.13. The van der Waals surface area contributed by atoms with Crippen LogP contribution in [0.3, 0.4) is 0 Å². The summed E-state index contributed by atoms with van der Waals surface area (Å²) < 4.78 is 7.66. The normalized spacial score (nSPS) is 11.1. The van der Waals surface area contributed by atoms with Crippen LogP contribution >= 0.6 is 23.1 Å². The molecule has 5 heteroatoms. The first-order chi connectivity index (χ1) is 7.90. The van der Waals surface area contributed by atoms with Crippen molar-refractivity contribution in [3.05, 3.63) is 24.3 Å². The lowest BCUT2D eigenvalue weighted by Gasteiger charge is -1.99. The molecule has 0 amide bonds. The van der Waals surface area contributed by atoms with E-state index in [0.29, 0.717) is 13.2 Å². The summed E-state index contributed by atoms with van der Waals surface area (Å²) in [5.74, 6) is 0.930. The van der Waals surface area contributed by atoms with Crippen molar-refractivity contribution in [2.75, 3.05) is 25.5 Å². The highest BCUT2D eigenvalue weighted by molar-refractivity contribution is 8.01. The molecule has 0 unspecified atom stereocenters. The number of thioether (sulfide) groups is 1. The molecule has 3 nitrogen and oxygen atoms in total. The molecule has 0 aliphatic heterocycles. The lowest BCUT2D eigenvalue weighted by molar-refractivity contribution is 0.158. The van der Waals surface area contributed by atoms with Gasteiger partial charge in [0.15, 0.2) is 4.34 Å². The van der Waals surface area contributed by atoms with E-state index in [1.807, 2.05) is 18.2 Å². The van der Waals surface area contributed by atoms with Crippen LogP contribution in [0.2, 0.25) is 0 Å². The molecule has 0 saturated heterocycles. The summed E-state index contributed by atoms with van der Waals surface area (Å²) in [7, 11) is 0. The summed E-state index contributed by atoms with van der Waals surface area (Å²) >= 11 is 3.47. The van der Waals surface area contributed by atoms with Gasteiger partial charge in [0.2, 0.25) is 0 Å². The third kappa shape index (κ3) is 3.18. The van der Waals surface area contributed by atoms with Crippen LogP contribution in [0.15, 0.2) is 28.6 Å². The number of ether oxygens (including phenoxy) is 1. The Hall–Kier alpha value is -0.620. The van der Waals surface area contributed by atoms with E-state index in [-0.39, 0.29) is 0 Å². The molecular formula is C11H14N2OS2. The predicted molar refractivity (Wildman–Crippen MR) is 70.2 cm³/mol. The molecule has 0 bridgehead atoms. The van der Waals surface area contributed by atoms with E-state index in [9.17, 15) is 0 Å². The maximum atomic E-state index is 5.33. The van der Waals surface area contributed by atoms with Gasteiger partial charge >= 0.3 is 0 Å². The number of para-hydroxylation sites is 1. The molecule has 1 heterocycles. The van der Waals surface area contributed by atoms with Crippen molar-refractivity contribution in [3.63, 3.8) is 0 Å². The third-order valence-electron chi connectivity index (χ3n) is 1.99. The average Bonchev–Trinajstić information content (AvgIpc) is 2.71. The van der Waals surface area contributed by atoms with Gasteiger partial charge in [0, 0.05) is 12.3 Å². The largest absolute Gasteiger partial charge is 0.379 e. The molecule has 0 aliphatic carbocycles. The molecule has 1 aromatic carbocycles. The fourth-order valence-corrected chi connectivity index (χ4v) is 3.28. The molecule has 0 spiro atoms. The van der Waals surface area contributed by atoms with Gasteiger partial charge in [-0.1, -0.05) is 23.9 Å². The molecule has 16 heavy (non-hydrogen) atoms. The summed E-state index contributed by atoms with van der Waals surface area (Å²) in [5.41, 5.74) is 6.41. The van der Waals surface area contributed by atoms with E-state index in [0.717, 1.165) is 22.2 Å². The summed E-state index contributed by atoms with van der Waals surface area (Å²) in [4.78, 5) is 4.53. The number of nitrogens with zero attached hydrogens (tertiary/aromatic N) is 1. The van der Waals surface area contributed by atoms with Crippen molar-refractivity contribution < 1.29 is 4.74 Å². The fourth-order valence-electron chi connectivity index (χ4n) is 1.29. The van der Waals surface area contributed by atoms with Crippen molar-refractivity contribution in [3.8, 4) is 0 Å². The SMILES string of the molecule is NCCOCCSc1nc2ccccc2s1. The maximum absolute atomic E-state index is 5.33. The Morgan fingerprint density at radius 2 is 2.19 bits per heavy atom. The van der Waals surface area contributed by atoms with Crippen LogP contribution < -0.4 is 5.73 Å². The zero-order chi connectivity index (χ0) is 11.2. The average molecular weight is 254 g/mol. The van der Waals surface area contributed by atoms with Crippen molar-refractivity contribution in [2.45, 2.75) is 4.34 Å². The van der Waals surface area contributed by atoms with E-state index < -0.39 is 0 Å². The number of aromatic nitrogens is 1. The summed E-state index contributed by atoms with van der Waals surface area (Å²) in [5, 5.41) is 0. The first-order valence-corrected chi connectivity index (χ1v) is 6.96. The highest BCUT2D eigenvalue weighted by Gasteiger charge is 2.02. The summed E-state index contributed by atoms with van der Waals surface area (Å²) in [6.07, 6.45) is 0. The van der Waals surface area contributed by atoms with E-state index in [4.69, 9.17) is 10.5 Å². The number of benzene rings is 1. The van der Waals surface area contributed by atoms with Gasteiger partial charge in [-0.3, -0.25) is 0 Å². The van der Waals surface area contributed by atoms with Gasteiger partial charge in [-0.25, -0.2) is 4.98 Å². The van der Waals surface area contributed by atoms with Crippen LogP contribution in [0, 0.1) is 0 Å². The number of fused-ring (bicyclic) bond motifs is 1. The lowest BCUT2D eigenvalue weighted by Crippen LogP contribution is -2.09. The molecule has 2 N–H and O–H groups in total. The zero-order valence-electron chi connectivity index (χ0n) is 8.89. The van der Waals surface area contributed by atoms with Crippen molar-refractivity contribution in [1.29, 1.82) is 0 Å². The Morgan fingerprint density at radius 1 is 1.31 bits per heavy atom. The highest BCUT2D eigenvalue weighted by atomic mass is 32.2. The molecule has 0 fully saturated rings. The second-order valence-corrected chi connectivity index (χ2v) is 5.57. The van der Waals surface area contributed by atoms with Gasteiger partial charge in [0.05, 0.1) is 23.4 Å². The molecule has 1 aromatic heterocycles. The molecule has 86 valence electrons. The number of hydrogen-bond donors (Lipinski definition) is 1. The Morgan fingerprint density at radius 3 is 3.00 bits per heavy atom. The molecule has 2 aromatic rings. The highest BCUT2D eigenvalue weighted by Crippen LogP contribution is 2.28. The van der Waals surface area contributed by atoms with Gasteiger partial charge in [-0.15, -0.1) is 11.3 Å². The minimum Gasteiger partial charge on any atom is -0.379 e. The van der Waals surface area contributed by atoms with Crippen LogP contribution in [0.4, 0.5) is 0 Å². The quantitative estimate of drug-likeness (QED) is 0.635. The molecule has 2 rings (SSSR count). The predicted octanol–water partition coefficient (Wildman–Crippen LogP) is 2.36. The van der Waals surface area contributed by atoms with Gasteiger partial charge in [-0.2, -0.15) is 0 Å². The number of nitrogens with two attached hydrogens (primary N) is 1. The van der Waals surface area contributed by atoms with Crippen LogP contribution in [-0.2, 0) is 4.74 Å². The molecule has 0 aliphatic rings. The van der Waals surface area contributed by atoms with E-state index in [2.05, 4.69) is 11.1 Å². The molecule has 0 atom stereocenters. The van der Waals surface area contributed by atoms with Crippen molar-refractivity contribution in [2.24, 2.45) is 5.73 Å². The van der Waals surface area contributed by atoms with Gasteiger partial charge in [0.1, 0.15) is 0 Å². The monoisotopic (exact) mass is 254 g/mol. The summed E-state index contributed by atoms with van der Waals surface area (Å²) in [6, 6.07) is 8.20. The van der Waals surface area contributed by atoms with Crippen LogP contribution in [0.1, 0.15) is 0 Å². The van der Waals surface area contributed by atoms with Crippen LogP contribution in [0.25, 0.3) is 10.2 Å². The van der Waals surface area contributed by atoms with Crippen molar-refractivity contribution in [1.82, 2.24) is 4.98 Å². The smallest absolute Gasteiger partial charge is 0.151 e. The number of thiazole rings is 1. The minimum absolute atomic E-state index is 0.589. The van der Waals surface area contributed by atoms with Crippen LogP contribution in [0.5, 0.6) is 0 Å². The molecular weight excluding hydrogens is 240 g/mol. The number of hydrogen-bond acceptors (Lipinski definition) is 5. The Bertz CT molecular complexity index is 411. The lowest BCUT2D eigenvalue weighted by atomic mass is 10.3. The Balaban J connectivity index is 1.85. The van der Waals surface area contributed by atoms with Crippen molar-refractivity contribution >= 4 is 33.3 Å². The second-order valence-electron chi connectivity index (χ2n) is 3.20. The molecule has 0 radical (unpaired) electrons. The summed E-state index contributed by atoms with van der Waals surface area (Å²) in [6.45, 7) is 1.96. The standard InChI is InChI=1S/C11H14N2OS2/c12-5-6-14-7-8-15-11-13-9-3-1-2-4-10(9)16-11/h1-4H,5-8,12H2. The Labute approximate surface area is 103 Å². The fraction of sp³-hybridized carbons (Fsp3) is 0.364. The number of rotatable bonds is 6. The van der Waals surface area contributed by atoms with E-state index in [1.165, 1.54) is 4.70 Å².